The molecule has 0 fully saturated rings. The van der Waals surface area contributed by atoms with E-state index in [4.69, 9.17) is 5.73 Å². The number of hydrogen-bond acceptors (Lipinski definition) is 3. The quantitative estimate of drug-likeness (QED) is 0.864. The Bertz CT molecular complexity index is 747. The van der Waals surface area contributed by atoms with E-state index in [9.17, 15) is 22.8 Å². The Labute approximate surface area is 110 Å². The number of nitrogens with one attached hydrogen (secondary N) is 1. The zero-order valence-electron chi connectivity index (χ0n) is 10.1. The minimum Gasteiger partial charge on any atom is -0.326 e. The minimum atomic E-state index is -4.62. The Morgan fingerprint density at radius 2 is 1.85 bits per heavy atom. The number of benzene rings is 1. The number of rotatable bonds is 2. The Morgan fingerprint density at radius 1 is 1.20 bits per heavy atom. The number of nitrogens with two attached hydrogens (primary N) is 1. The fourth-order valence-electron chi connectivity index (χ4n) is 1.76. The topological polar surface area (TPSA) is 80.9 Å². The van der Waals surface area contributed by atoms with Crippen molar-refractivity contribution in [1.82, 2.24) is 9.55 Å². The SMILES string of the molecule is NCc1cn(-c2ccccc2C(F)(F)F)c(=O)[nH]c1=O. The van der Waals surface area contributed by atoms with Crippen LogP contribution >= 0.6 is 0 Å². The molecule has 5 nitrogen and oxygen atoms in total. The summed E-state index contributed by atoms with van der Waals surface area (Å²) in [6.45, 7) is -0.191. The number of aromatic nitrogens is 2. The lowest BCUT2D eigenvalue weighted by molar-refractivity contribution is -0.137. The van der Waals surface area contributed by atoms with E-state index < -0.39 is 23.0 Å². The number of halogens is 3. The van der Waals surface area contributed by atoms with Crippen molar-refractivity contribution >= 4 is 0 Å². The third kappa shape index (κ3) is 2.50. The second-order valence-corrected chi connectivity index (χ2v) is 4.00. The Morgan fingerprint density at radius 3 is 2.45 bits per heavy atom. The summed E-state index contributed by atoms with van der Waals surface area (Å²) >= 11 is 0. The molecule has 0 bridgehead atoms. The highest BCUT2D eigenvalue weighted by Crippen LogP contribution is 2.33. The van der Waals surface area contributed by atoms with E-state index in [1.54, 1.807) is 0 Å². The summed E-state index contributed by atoms with van der Waals surface area (Å²) in [6, 6.07) is 4.58. The van der Waals surface area contributed by atoms with Gasteiger partial charge < -0.3 is 5.73 Å². The van der Waals surface area contributed by atoms with E-state index >= 15 is 0 Å². The molecule has 0 saturated heterocycles. The predicted octanol–water partition coefficient (Wildman–Crippen LogP) is 1.00. The van der Waals surface area contributed by atoms with Gasteiger partial charge in [-0.25, -0.2) is 4.79 Å². The van der Waals surface area contributed by atoms with Gasteiger partial charge in [-0.2, -0.15) is 13.2 Å². The van der Waals surface area contributed by atoms with Gasteiger partial charge in [0.05, 0.1) is 11.3 Å². The molecule has 0 spiro atoms. The third-order valence-electron chi connectivity index (χ3n) is 2.70. The Kier molecular flexibility index (Phi) is 3.49. The molecule has 0 unspecified atom stereocenters. The highest BCUT2D eigenvalue weighted by molar-refractivity contribution is 5.43. The van der Waals surface area contributed by atoms with E-state index in [1.807, 2.05) is 4.98 Å². The van der Waals surface area contributed by atoms with Crippen molar-refractivity contribution in [2.75, 3.05) is 0 Å². The second kappa shape index (κ2) is 4.97. The molecule has 0 aliphatic heterocycles. The molecular formula is C12H10F3N3O2. The molecule has 1 heterocycles. The first-order valence-electron chi connectivity index (χ1n) is 5.56. The fraction of sp³-hybridized carbons (Fsp3) is 0.167. The lowest BCUT2D eigenvalue weighted by Crippen LogP contribution is -2.32. The molecule has 20 heavy (non-hydrogen) atoms. The monoisotopic (exact) mass is 285 g/mol. The minimum absolute atomic E-state index is 0.0153. The van der Waals surface area contributed by atoms with Gasteiger partial charge in [0.2, 0.25) is 0 Å². The van der Waals surface area contributed by atoms with Gasteiger partial charge in [-0.05, 0) is 12.1 Å². The van der Waals surface area contributed by atoms with Crippen molar-refractivity contribution in [3.8, 4) is 5.69 Å². The molecule has 0 saturated carbocycles. The standard InChI is InChI=1S/C12H10F3N3O2/c13-12(14,15)8-3-1-2-4-9(8)18-6-7(5-16)10(19)17-11(18)20/h1-4,6H,5,16H2,(H,17,19,20). The van der Waals surface area contributed by atoms with Gasteiger partial charge in [0, 0.05) is 18.3 Å². The van der Waals surface area contributed by atoms with E-state index in [-0.39, 0.29) is 17.8 Å². The number of para-hydroxylation sites is 1. The van der Waals surface area contributed by atoms with Gasteiger partial charge in [0.1, 0.15) is 0 Å². The highest BCUT2D eigenvalue weighted by atomic mass is 19.4. The second-order valence-electron chi connectivity index (χ2n) is 4.00. The van der Waals surface area contributed by atoms with E-state index in [0.29, 0.717) is 0 Å². The van der Waals surface area contributed by atoms with Crippen LogP contribution in [0.1, 0.15) is 11.1 Å². The lowest BCUT2D eigenvalue weighted by atomic mass is 10.1. The molecule has 2 rings (SSSR count). The van der Waals surface area contributed by atoms with Gasteiger partial charge >= 0.3 is 11.9 Å². The average Bonchev–Trinajstić information content (AvgIpc) is 2.38. The number of nitrogens with zero attached hydrogens (tertiary/aromatic N) is 1. The third-order valence-corrected chi connectivity index (χ3v) is 2.70. The molecule has 2 aromatic rings. The molecule has 1 aromatic carbocycles. The zero-order valence-corrected chi connectivity index (χ0v) is 10.1. The number of aromatic amines is 1. The molecule has 0 aliphatic rings. The van der Waals surface area contributed by atoms with Crippen LogP contribution < -0.4 is 17.0 Å². The lowest BCUT2D eigenvalue weighted by Gasteiger charge is -2.14. The summed E-state index contributed by atoms with van der Waals surface area (Å²) in [5, 5.41) is 0. The summed E-state index contributed by atoms with van der Waals surface area (Å²) in [4.78, 5) is 25.0. The Balaban J connectivity index is 2.76. The molecule has 0 aliphatic carbocycles. The summed E-state index contributed by atoms with van der Waals surface area (Å²) in [6.07, 6.45) is -3.60. The molecule has 0 radical (unpaired) electrons. The first-order valence-corrected chi connectivity index (χ1v) is 5.56. The molecular weight excluding hydrogens is 275 g/mol. The van der Waals surface area contributed by atoms with Crippen LogP contribution in [0.15, 0.2) is 40.1 Å². The first kappa shape index (κ1) is 14.1. The van der Waals surface area contributed by atoms with E-state index in [2.05, 4.69) is 0 Å². The van der Waals surface area contributed by atoms with Crippen LogP contribution in [0.3, 0.4) is 0 Å². The van der Waals surface area contributed by atoms with Crippen LogP contribution in [0, 0.1) is 0 Å². The van der Waals surface area contributed by atoms with Crippen molar-refractivity contribution in [2.45, 2.75) is 12.7 Å². The predicted molar refractivity (Wildman–Crippen MR) is 65.6 cm³/mol. The largest absolute Gasteiger partial charge is 0.418 e. The normalized spacial score (nSPS) is 11.6. The molecule has 8 heteroatoms. The summed E-state index contributed by atoms with van der Waals surface area (Å²) < 4.78 is 39.5. The van der Waals surface area contributed by atoms with Gasteiger partial charge in [-0.1, -0.05) is 12.1 Å². The molecule has 3 N–H and O–H groups in total. The summed E-state index contributed by atoms with van der Waals surface area (Å²) in [5.74, 6) is 0. The van der Waals surface area contributed by atoms with Crippen LogP contribution in [-0.4, -0.2) is 9.55 Å². The van der Waals surface area contributed by atoms with Gasteiger partial charge in [0.25, 0.3) is 5.56 Å². The van der Waals surface area contributed by atoms with Crippen LogP contribution in [-0.2, 0) is 12.7 Å². The molecule has 1 aromatic heterocycles. The molecule has 0 atom stereocenters. The van der Waals surface area contributed by atoms with Crippen molar-refractivity contribution < 1.29 is 13.2 Å². The number of hydrogen-bond donors (Lipinski definition) is 2. The van der Waals surface area contributed by atoms with Gasteiger partial charge in [-0.3, -0.25) is 14.3 Å². The van der Waals surface area contributed by atoms with Crippen molar-refractivity contribution in [3.05, 3.63) is 62.4 Å². The maximum absolute atomic E-state index is 12.9. The van der Waals surface area contributed by atoms with Gasteiger partial charge in [0.15, 0.2) is 0 Å². The smallest absolute Gasteiger partial charge is 0.326 e. The van der Waals surface area contributed by atoms with E-state index in [0.717, 1.165) is 22.9 Å². The van der Waals surface area contributed by atoms with Gasteiger partial charge in [-0.15, -0.1) is 0 Å². The first-order chi connectivity index (χ1) is 9.34. The van der Waals surface area contributed by atoms with Crippen LogP contribution in [0.5, 0.6) is 0 Å². The van der Waals surface area contributed by atoms with Crippen LogP contribution in [0.25, 0.3) is 5.69 Å². The van der Waals surface area contributed by atoms with Crippen molar-refractivity contribution in [3.63, 3.8) is 0 Å². The number of H-pyrrole nitrogens is 1. The fourth-order valence-corrected chi connectivity index (χ4v) is 1.76. The maximum atomic E-state index is 12.9. The number of alkyl halides is 3. The maximum Gasteiger partial charge on any atom is 0.418 e. The molecule has 106 valence electrons. The van der Waals surface area contributed by atoms with E-state index in [1.165, 1.54) is 12.1 Å². The Hall–Kier alpha value is -2.35. The van der Waals surface area contributed by atoms with Crippen LogP contribution in [0.4, 0.5) is 13.2 Å². The van der Waals surface area contributed by atoms with Crippen molar-refractivity contribution in [2.24, 2.45) is 5.73 Å². The van der Waals surface area contributed by atoms with Crippen molar-refractivity contribution in [1.29, 1.82) is 0 Å². The molecule has 0 amide bonds. The average molecular weight is 285 g/mol. The summed E-state index contributed by atoms with van der Waals surface area (Å²) in [5.41, 5.74) is 2.32. The highest BCUT2D eigenvalue weighted by Gasteiger charge is 2.33. The summed E-state index contributed by atoms with van der Waals surface area (Å²) in [7, 11) is 0. The van der Waals surface area contributed by atoms with Crippen LogP contribution in [0.2, 0.25) is 0 Å². The zero-order chi connectivity index (χ0) is 14.9.